The van der Waals surface area contributed by atoms with Gasteiger partial charge in [-0.05, 0) is 18.1 Å². The largest absolute Gasteiger partial charge is 0.494 e. The van der Waals surface area contributed by atoms with Crippen LogP contribution < -0.4 is 4.74 Å². The molecule has 78 valence electrons. The summed E-state index contributed by atoms with van der Waals surface area (Å²) in [4.78, 5) is 11.0. The molecule has 1 aromatic rings. The quantitative estimate of drug-likeness (QED) is 0.817. The van der Waals surface area contributed by atoms with E-state index in [4.69, 9.17) is 15.1 Å². The lowest BCUT2D eigenvalue weighted by Crippen LogP contribution is -2.06. The monoisotopic (exact) mass is 205 g/mol. The van der Waals surface area contributed by atoms with Crippen LogP contribution in [0.5, 0.6) is 5.75 Å². The molecule has 0 bridgehead atoms. The van der Waals surface area contributed by atoms with Crippen molar-refractivity contribution in [2.24, 2.45) is 0 Å². The van der Waals surface area contributed by atoms with E-state index in [0.717, 1.165) is 0 Å². The third-order valence-corrected chi connectivity index (χ3v) is 2.16. The van der Waals surface area contributed by atoms with Crippen molar-refractivity contribution >= 4 is 5.97 Å². The van der Waals surface area contributed by atoms with Gasteiger partial charge in [0.25, 0.3) is 0 Å². The molecule has 0 aromatic heterocycles. The van der Waals surface area contributed by atoms with Crippen LogP contribution >= 0.6 is 0 Å². The van der Waals surface area contributed by atoms with Crippen molar-refractivity contribution in [3.05, 3.63) is 28.8 Å². The first-order chi connectivity index (χ1) is 7.15. The van der Waals surface area contributed by atoms with Crippen LogP contribution in [0.4, 0.5) is 0 Å². The van der Waals surface area contributed by atoms with Gasteiger partial charge in [-0.25, -0.2) is 4.79 Å². The van der Waals surface area contributed by atoms with Gasteiger partial charge in [-0.3, -0.25) is 0 Å². The molecule has 15 heavy (non-hydrogen) atoms. The molecule has 1 N–H and O–H groups in total. The topological polar surface area (TPSA) is 70.3 Å². The van der Waals surface area contributed by atoms with E-state index in [-0.39, 0.29) is 16.9 Å². The van der Waals surface area contributed by atoms with Gasteiger partial charge in [0.2, 0.25) is 0 Å². The highest BCUT2D eigenvalue weighted by Gasteiger charge is 2.18. The van der Waals surface area contributed by atoms with Gasteiger partial charge in [0, 0.05) is 0 Å². The average molecular weight is 205 g/mol. The SMILES string of the molecule is CCc1ccc(C#N)c(OC)c1C(=O)O. The van der Waals surface area contributed by atoms with Crippen molar-refractivity contribution in [1.82, 2.24) is 0 Å². The molecule has 0 saturated carbocycles. The molecule has 0 aliphatic rings. The summed E-state index contributed by atoms with van der Waals surface area (Å²) in [6.45, 7) is 1.85. The molecular formula is C11H11NO3. The van der Waals surface area contributed by atoms with Crippen molar-refractivity contribution in [2.45, 2.75) is 13.3 Å². The Balaban J connectivity index is 3.53. The van der Waals surface area contributed by atoms with E-state index in [1.54, 1.807) is 12.1 Å². The lowest BCUT2D eigenvalue weighted by molar-refractivity contribution is 0.0692. The number of nitriles is 1. The zero-order valence-corrected chi connectivity index (χ0v) is 8.57. The number of carboxylic acids is 1. The Morgan fingerprint density at radius 1 is 1.60 bits per heavy atom. The van der Waals surface area contributed by atoms with Crippen LogP contribution in [0.15, 0.2) is 12.1 Å². The smallest absolute Gasteiger partial charge is 0.339 e. The van der Waals surface area contributed by atoms with E-state index < -0.39 is 5.97 Å². The van der Waals surface area contributed by atoms with Crippen LogP contribution in [-0.4, -0.2) is 18.2 Å². The number of hydrogen-bond acceptors (Lipinski definition) is 3. The first kappa shape index (κ1) is 11.1. The third kappa shape index (κ3) is 1.91. The molecule has 0 aliphatic heterocycles. The maximum Gasteiger partial charge on any atom is 0.339 e. The van der Waals surface area contributed by atoms with E-state index in [1.807, 2.05) is 13.0 Å². The maximum absolute atomic E-state index is 11.0. The first-order valence-corrected chi connectivity index (χ1v) is 4.49. The standard InChI is InChI=1S/C11H11NO3/c1-3-7-4-5-8(6-12)10(15-2)9(7)11(13)14/h4-5H,3H2,1-2H3,(H,13,14). The molecule has 0 spiro atoms. The minimum atomic E-state index is -1.07. The maximum atomic E-state index is 11.0. The number of aromatic carboxylic acids is 1. The second kappa shape index (κ2) is 4.47. The highest BCUT2D eigenvalue weighted by molar-refractivity contribution is 5.93. The lowest BCUT2D eigenvalue weighted by atomic mass is 10.0. The summed E-state index contributed by atoms with van der Waals surface area (Å²) in [5, 5.41) is 17.8. The normalized spacial score (nSPS) is 9.40. The Kier molecular flexibility index (Phi) is 3.29. The predicted octanol–water partition coefficient (Wildman–Crippen LogP) is 1.83. The zero-order chi connectivity index (χ0) is 11.4. The molecule has 0 radical (unpaired) electrons. The van der Waals surface area contributed by atoms with Crippen molar-refractivity contribution in [3.63, 3.8) is 0 Å². The summed E-state index contributed by atoms with van der Waals surface area (Å²) >= 11 is 0. The first-order valence-electron chi connectivity index (χ1n) is 4.49. The Hall–Kier alpha value is -2.02. The van der Waals surface area contributed by atoms with E-state index in [9.17, 15) is 4.79 Å². The molecule has 0 fully saturated rings. The van der Waals surface area contributed by atoms with Gasteiger partial charge >= 0.3 is 5.97 Å². The molecule has 0 saturated heterocycles. The van der Waals surface area contributed by atoms with Crippen molar-refractivity contribution in [3.8, 4) is 11.8 Å². The number of nitrogens with zero attached hydrogens (tertiary/aromatic N) is 1. The van der Waals surface area contributed by atoms with Crippen LogP contribution in [0.3, 0.4) is 0 Å². The fraction of sp³-hybridized carbons (Fsp3) is 0.273. The summed E-state index contributed by atoms with van der Waals surface area (Å²) in [5.41, 5.74) is 0.990. The summed E-state index contributed by atoms with van der Waals surface area (Å²) in [5.74, 6) is -0.926. The summed E-state index contributed by atoms with van der Waals surface area (Å²) < 4.78 is 4.97. The molecular weight excluding hydrogens is 194 g/mol. The molecule has 4 heteroatoms. The number of ether oxygens (including phenoxy) is 1. The van der Waals surface area contributed by atoms with Crippen LogP contribution in [0, 0.1) is 11.3 Å². The van der Waals surface area contributed by atoms with Gasteiger partial charge in [-0.2, -0.15) is 5.26 Å². The average Bonchev–Trinajstić information content (AvgIpc) is 2.26. The number of methoxy groups -OCH3 is 1. The van der Waals surface area contributed by atoms with Gasteiger partial charge < -0.3 is 9.84 Å². The number of carboxylic acid groups (broad SMARTS) is 1. The molecule has 0 heterocycles. The van der Waals surface area contributed by atoms with Gasteiger partial charge in [0.1, 0.15) is 11.6 Å². The molecule has 0 unspecified atom stereocenters. The third-order valence-electron chi connectivity index (χ3n) is 2.16. The highest BCUT2D eigenvalue weighted by Crippen LogP contribution is 2.27. The van der Waals surface area contributed by atoms with Crippen LogP contribution in [0.25, 0.3) is 0 Å². The Morgan fingerprint density at radius 3 is 2.67 bits per heavy atom. The second-order valence-electron chi connectivity index (χ2n) is 2.95. The number of aryl methyl sites for hydroxylation is 1. The molecule has 1 rings (SSSR count). The number of rotatable bonds is 3. The fourth-order valence-corrected chi connectivity index (χ4v) is 1.45. The van der Waals surface area contributed by atoms with Crippen molar-refractivity contribution < 1.29 is 14.6 Å². The molecule has 1 aromatic carbocycles. The summed E-state index contributed by atoms with van der Waals surface area (Å²) in [6, 6.07) is 5.12. The van der Waals surface area contributed by atoms with E-state index in [2.05, 4.69) is 0 Å². The van der Waals surface area contributed by atoms with Gasteiger partial charge in [-0.1, -0.05) is 13.0 Å². The van der Waals surface area contributed by atoms with Gasteiger partial charge in [-0.15, -0.1) is 0 Å². The number of benzene rings is 1. The minimum absolute atomic E-state index is 0.0825. The van der Waals surface area contributed by atoms with Gasteiger partial charge in [0.15, 0.2) is 5.75 Å². The summed E-state index contributed by atoms with van der Waals surface area (Å²) in [7, 11) is 1.36. The highest BCUT2D eigenvalue weighted by atomic mass is 16.5. The van der Waals surface area contributed by atoms with Crippen LogP contribution in [0.1, 0.15) is 28.4 Å². The van der Waals surface area contributed by atoms with Crippen molar-refractivity contribution in [2.75, 3.05) is 7.11 Å². The number of carbonyl (C=O) groups is 1. The predicted molar refractivity (Wildman–Crippen MR) is 54.0 cm³/mol. The fourth-order valence-electron chi connectivity index (χ4n) is 1.45. The summed E-state index contributed by atoms with van der Waals surface area (Å²) in [6.07, 6.45) is 0.587. The molecule has 0 atom stereocenters. The number of hydrogen-bond donors (Lipinski definition) is 1. The molecule has 4 nitrogen and oxygen atoms in total. The van der Waals surface area contributed by atoms with E-state index >= 15 is 0 Å². The van der Waals surface area contributed by atoms with Crippen LogP contribution in [0.2, 0.25) is 0 Å². The molecule has 0 aliphatic carbocycles. The lowest BCUT2D eigenvalue weighted by Gasteiger charge is -2.10. The van der Waals surface area contributed by atoms with Crippen molar-refractivity contribution in [1.29, 1.82) is 5.26 Å². The Morgan fingerprint density at radius 2 is 2.27 bits per heavy atom. The Bertz CT molecular complexity index is 432. The molecule has 0 amide bonds. The van der Waals surface area contributed by atoms with Gasteiger partial charge in [0.05, 0.1) is 12.7 Å². The Labute approximate surface area is 87.7 Å². The zero-order valence-electron chi connectivity index (χ0n) is 8.57. The second-order valence-corrected chi connectivity index (χ2v) is 2.95. The van der Waals surface area contributed by atoms with Crippen LogP contribution in [-0.2, 0) is 6.42 Å². The van der Waals surface area contributed by atoms with E-state index in [1.165, 1.54) is 7.11 Å². The van der Waals surface area contributed by atoms with E-state index in [0.29, 0.717) is 12.0 Å². The minimum Gasteiger partial charge on any atom is -0.494 e.